The lowest BCUT2D eigenvalue weighted by Crippen LogP contribution is -2.49. The monoisotopic (exact) mass is 230 g/mol. The number of imidazole rings is 1. The first-order valence-electron chi connectivity index (χ1n) is 6.32. The Morgan fingerprint density at radius 2 is 2.00 bits per heavy atom. The molecule has 0 saturated carbocycles. The third-order valence-electron chi connectivity index (χ3n) is 3.30. The highest BCUT2D eigenvalue weighted by Crippen LogP contribution is 2.17. The molecule has 4 heteroatoms. The van der Waals surface area contributed by atoms with Gasteiger partial charge in [0.2, 0.25) is 0 Å². The van der Waals surface area contributed by atoms with Gasteiger partial charge in [0.25, 0.3) is 0 Å². The van der Waals surface area contributed by atoms with Crippen molar-refractivity contribution >= 4 is 11.0 Å². The van der Waals surface area contributed by atoms with E-state index in [1.165, 1.54) is 5.52 Å². The number of rotatable bonds is 2. The average Bonchev–Trinajstić information content (AvgIpc) is 2.78. The number of benzene rings is 1. The Kier molecular flexibility index (Phi) is 2.73. The lowest BCUT2D eigenvalue weighted by Gasteiger charge is -2.31. The molecule has 0 spiro atoms. The molecule has 1 aliphatic rings. The quantitative estimate of drug-likeness (QED) is 0.840. The van der Waals surface area contributed by atoms with Crippen molar-refractivity contribution in [3.63, 3.8) is 0 Å². The zero-order valence-electron chi connectivity index (χ0n) is 10.2. The number of para-hydroxylation sites is 2. The smallest absolute Gasteiger partial charge is 0.128 e. The summed E-state index contributed by atoms with van der Waals surface area (Å²) in [5.74, 6) is 1.16. The van der Waals surface area contributed by atoms with Crippen LogP contribution in [0.25, 0.3) is 11.0 Å². The van der Waals surface area contributed by atoms with E-state index in [9.17, 15) is 0 Å². The maximum absolute atomic E-state index is 4.71. The van der Waals surface area contributed by atoms with Gasteiger partial charge >= 0.3 is 0 Å². The van der Waals surface area contributed by atoms with Crippen LogP contribution in [0.3, 0.4) is 0 Å². The number of aromatic nitrogens is 2. The van der Waals surface area contributed by atoms with Gasteiger partial charge in [0.1, 0.15) is 5.82 Å². The first-order valence-corrected chi connectivity index (χ1v) is 6.32. The first kappa shape index (κ1) is 10.6. The van der Waals surface area contributed by atoms with E-state index in [1.807, 2.05) is 0 Å². The molecule has 2 heterocycles. The minimum Gasteiger partial charge on any atom is -0.313 e. The summed E-state index contributed by atoms with van der Waals surface area (Å²) >= 11 is 0. The summed E-state index contributed by atoms with van der Waals surface area (Å²) in [5.41, 5.74) is 2.33. The Bertz CT molecular complexity index is 511. The number of aryl methyl sites for hydroxylation is 1. The molecular weight excluding hydrogens is 212 g/mol. The molecule has 1 fully saturated rings. The molecule has 0 bridgehead atoms. The van der Waals surface area contributed by atoms with Gasteiger partial charge in [0, 0.05) is 32.6 Å². The predicted octanol–water partition coefficient (Wildman–Crippen LogP) is 1.14. The molecule has 0 radical (unpaired) electrons. The van der Waals surface area contributed by atoms with Crippen molar-refractivity contribution in [3.05, 3.63) is 30.1 Å². The molecule has 1 aromatic heterocycles. The van der Waals surface area contributed by atoms with Gasteiger partial charge in [-0.1, -0.05) is 19.1 Å². The van der Waals surface area contributed by atoms with Gasteiger partial charge in [-0.3, -0.25) is 0 Å². The van der Waals surface area contributed by atoms with E-state index in [2.05, 4.69) is 46.2 Å². The Labute approximate surface area is 101 Å². The lowest BCUT2D eigenvalue weighted by molar-refractivity contribution is 0.488. The lowest BCUT2D eigenvalue weighted by atomic mass is 10.3. The molecule has 3 rings (SSSR count). The third kappa shape index (κ3) is 1.78. The second kappa shape index (κ2) is 4.37. The van der Waals surface area contributed by atoms with E-state index in [4.69, 9.17) is 4.98 Å². The van der Waals surface area contributed by atoms with Gasteiger partial charge in [-0.25, -0.2) is 9.66 Å². The van der Waals surface area contributed by atoms with Crippen molar-refractivity contribution in [1.82, 2.24) is 15.0 Å². The zero-order valence-corrected chi connectivity index (χ0v) is 10.2. The Balaban J connectivity index is 2.11. The molecule has 0 atom stereocenters. The number of fused-ring (bicyclic) bond motifs is 1. The van der Waals surface area contributed by atoms with Crippen LogP contribution in [0.5, 0.6) is 0 Å². The molecule has 90 valence electrons. The molecule has 1 aromatic carbocycles. The van der Waals surface area contributed by atoms with Crippen molar-refractivity contribution in [2.75, 3.05) is 31.2 Å². The highest BCUT2D eigenvalue weighted by Gasteiger charge is 2.16. The van der Waals surface area contributed by atoms with Crippen LogP contribution in [0.4, 0.5) is 0 Å². The number of nitrogens with zero attached hydrogens (tertiary/aromatic N) is 3. The molecule has 1 aliphatic heterocycles. The van der Waals surface area contributed by atoms with Crippen molar-refractivity contribution in [3.8, 4) is 0 Å². The van der Waals surface area contributed by atoms with Gasteiger partial charge in [-0.2, -0.15) is 0 Å². The molecule has 0 amide bonds. The Morgan fingerprint density at radius 3 is 2.76 bits per heavy atom. The topological polar surface area (TPSA) is 33.1 Å². The Hall–Kier alpha value is -1.55. The fourth-order valence-corrected chi connectivity index (χ4v) is 2.46. The van der Waals surface area contributed by atoms with E-state index >= 15 is 0 Å². The predicted molar refractivity (Wildman–Crippen MR) is 69.9 cm³/mol. The second-order valence-electron chi connectivity index (χ2n) is 4.39. The van der Waals surface area contributed by atoms with Crippen molar-refractivity contribution in [2.24, 2.45) is 0 Å². The summed E-state index contributed by atoms with van der Waals surface area (Å²) in [7, 11) is 0. The molecule has 2 aromatic rings. The van der Waals surface area contributed by atoms with Crippen LogP contribution in [0.1, 0.15) is 12.7 Å². The summed E-state index contributed by atoms with van der Waals surface area (Å²) in [6.45, 7) is 6.37. The molecule has 0 unspecified atom stereocenters. The summed E-state index contributed by atoms with van der Waals surface area (Å²) in [6, 6.07) is 8.38. The molecular formula is C13H18N4. The van der Waals surface area contributed by atoms with E-state index in [0.29, 0.717) is 0 Å². The molecule has 4 nitrogen and oxygen atoms in total. The molecule has 17 heavy (non-hydrogen) atoms. The van der Waals surface area contributed by atoms with Crippen molar-refractivity contribution in [2.45, 2.75) is 13.3 Å². The third-order valence-corrected chi connectivity index (χ3v) is 3.30. The summed E-state index contributed by atoms with van der Waals surface area (Å²) in [4.78, 5) is 4.71. The van der Waals surface area contributed by atoms with E-state index in [-0.39, 0.29) is 0 Å². The normalized spacial score (nSPS) is 16.6. The zero-order chi connectivity index (χ0) is 11.7. The number of hydrogen-bond acceptors (Lipinski definition) is 3. The minimum absolute atomic E-state index is 0.971. The van der Waals surface area contributed by atoms with Gasteiger partial charge in [0.05, 0.1) is 11.0 Å². The standard InChI is InChI=1S/C13H18N4/c1-2-13-15-11-5-3-4-6-12(11)17(13)16-9-7-14-8-10-16/h3-6,14H,2,7-10H2,1H3. The maximum Gasteiger partial charge on any atom is 0.128 e. The van der Waals surface area contributed by atoms with Crippen LogP contribution in [0, 0.1) is 0 Å². The highest BCUT2D eigenvalue weighted by molar-refractivity contribution is 5.76. The van der Waals surface area contributed by atoms with E-state index in [1.54, 1.807) is 0 Å². The van der Waals surface area contributed by atoms with E-state index < -0.39 is 0 Å². The summed E-state index contributed by atoms with van der Waals surface area (Å²) < 4.78 is 2.30. The van der Waals surface area contributed by atoms with Gasteiger partial charge in [-0.05, 0) is 12.1 Å². The number of hydrogen-bond donors (Lipinski definition) is 1. The van der Waals surface area contributed by atoms with E-state index in [0.717, 1.165) is 43.9 Å². The molecule has 1 saturated heterocycles. The van der Waals surface area contributed by atoms with Gasteiger partial charge in [-0.15, -0.1) is 0 Å². The molecule has 1 N–H and O–H groups in total. The average molecular weight is 230 g/mol. The van der Waals surface area contributed by atoms with Gasteiger partial charge < -0.3 is 10.3 Å². The van der Waals surface area contributed by atoms with Crippen molar-refractivity contribution in [1.29, 1.82) is 0 Å². The Morgan fingerprint density at radius 1 is 1.24 bits per heavy atom. The van der Waals surface area contributed by atoms with Crippen LogP contribution in [-0.4, -0.2) is 35.8 Å². The van der Waals surface area contributed by atoms with Gasteiger partial charge in [0.15, 0.2) is 0 Å². The largest absolute Gasteiger partial charge is 0.313 e. The maximum atomic E-state index is 4.71. The summed E-state index contributed by atoms with van der Waals surface area (Å²) in [5, 5.41) is 5.78. The van der Waals surface area contributed by atoms with Crippen LogP contribution in [0.2, 0.25) is 0 Å². The van der Waals surface area contributed by atoms with Crippen LogP contribution in [-0.2, 0) is 6.42 Å². The highest BCUT2D eigenvalue weighted by atomic mass is 15.6. The summed E-state index contributed by atoms with van der Waals surface area (Å²) in [6.07, 6.45) is 0.971. The fraction of sp³-hybridized carbons (Fsp3) is 0.462. The number of piperazine rings is 1. The second-order valence-corrected chi connectivity index (χ2v) is 4.39. The molecule has 0 aliphatic carbocycles. The van der Waals surface area contributed by atoms with Crippen LogP contribution >= 0.6 is 0 Å². The first-order chi connectivity index (χ1) is 8.40. The van der Waals surface area contributed by atoms with Crippen LogP contribution in [0.15, 0.2) is 24.3 Å². The number of nitrogens with one attached hydrogen (secondary N) is 1. The van der Waals surface area contributed by atoms with Crippen LogP contribution < -0.4 is 10.3 Å². The van der Waals surface area contributed by atoms with Crippen molar-refractivity contribution < 1.29 is 0 Å². The minimum atomic E-state index is 0.971. The SMILES string of the molecule is CCc1nc2ccccc2n1N1CCNCC1. The fourth-order valence-electron chi connectivity index (χ4n) is 2.46.